The first kappa shape index (κ1) is 16.1. The fourth-order valence-corrected chi connectivity index (χ4v) is 1.58. The van der Waals surface area contributed by atoms with Gasteiger partial charge in [0.25, 0.3) is 5.69 Å². The third-order valence-electron chi connectivity index (χ3n) is 2.70. The van der Waals surface area contributed by atoms with Crippen LogP contribution in [-0.2, 0) is 11.3 Å². The highest BCUT2D eigenvalue weighted by atomic mass is 16.6. The molecule has 1 atom stereocenters. The fourth-order valence-electron chi connectivity index (χ4n) is 1.58. The van der Waals surface area contributed by atoms with Crippen molar-refractivity contribution >= 4 is 5.69 Å². The second kappa shape index (κ2) is 8.29. The molecule has 0 heterocycles. The first-order chi connectivity index (χ1) is 9.58. The molecular formula is C14H20N2O4. The summed E-state index contributed by atoms with van der Waals surface area (Å²) in [5.74, 6) is 0.618. The maximum Gasteiger partial charge on any atom is 0.270 e. The second-order valence-corrected chi connectivity index (χ2v) is 4.28. The molecule has 0 amide bonds. The summed E-state index contributed by atoms with van der Waals surface area (Å²) in [6.07, 6.45) is 1.51. The molecule has 1 aromatic carbocycles. The molecule has 6 heteroatoms. The van der Waals surface area contributed by atoms with Gasteiger partial charge >= 0.3 is 0 Å². The fraction of sp³-hybridized carbons (Fsp3) is 0.429. The highest BCUT2D eigenvalue weighted by molar-refractivity contribution is 5.44. The smallest absolute Gasteiger partial charge is 0.270 e. The van der Waals surface area contributed by atoms with E-state index in [0.717, 1.165) is 5.56 Å². The van der Waals surface area contributed by atoms with E-state index in [4.69, 9.17) is 9.47 Å². The molecule has 1 rings (SSSR count). The van der Waals surface area contributed by atoms with Crippen molar-refractivity contribution in [1.82, 2.24) is 5.32 Å². The van der Waals surface area contributed by atoms with Crippen LogP contribution in [0.3, 0.4) is 0 Å². The maximum absolute atomic E-state index is 10.8. The Hall–Kier alpha value is -1.92. The summed E-state index contributed by atoms with van der Waals surface area (Å²) < 4.78 is 10.6. The Morgan fingerprint density at radius 3 is 2.90 bits per heavy atom. The van der Waals surface area contributed by atoms with E-state index in [1.165, 1.54) is 12.1 Å². The summed E-state index contributed by atoms with van der Waals surface area (Å²) in [4.78, 5) is 10.4. The normalized spacial score (nSPS) is 11.9. The molecule has 1 unspecified atom stereocenters. The average Bonchev–Trinajstić information content (AvgIpc) is 2.44. The number of non-ortho nitro benzene ring substituents is 1. The molecule has 20 heavy (non-hydrogen) atoms. The van der Waals surface area contributed by atoms with E-state index in [9.17, 15) is 10.1 Å². The molecule has 6 nitrogen and oxygen atoms in total. The molecule has 0 aromatic heterocycles. The van der Waals surface area contributed by atoms with Crippen LogP contribution in [0.25, 0.3) is 0 Å². The van der Waals surface area contributed by atoms with Crippen molar-refractivity contribution in [1.29, 1.82) is 0 Å². The summed E-state index contributed by atoms with van der Waals surface area (Å²) >= 11 is 0. The lowest BCUT2D eigenvalue weighted by Gasteiger charge is -2.15. The number of nitro groups is 1. The van der Waals surface area contributed by atoms with E-state index >= 15 is 0 Å². The number of nitro benzene ring substituents is 1. The van der Waals surface area contributed by atoms with E-state index in [1.807, 2.05) is 6.92 Å². The van der Waals surface area contributed by atoms with Crippen molar-refractivity contribution in [2.45, 2.75) is 19.6 Å². The predicted molar refractivity (Wildman–Crippen MR) is 77.0 cm³/mol. The third-order valence-corrected chi connectivity index (χ3v) is 2.70. The Labute approximate surface area is 118 Å². The number of nitrogens with zero attached hydrogens (tertiary/aromatic N) is 1. The van der Waals surface area contributed by atoms with Crippen molar-refractivity contribution in [2.75, 3.05) is 20.3 Å². The number of rotatable bonds is 9. The molecule has 1 N–H and O–H groups in total. The van der Waals surface area contributed by atoms with Crippen LogP contribution in [-0.4, -0.2) is 31.3 Å². The topological polar surface area (TPSA) is 73.6 Å². The summed E-state index contributed by atoms with van der Waals surface area (Å²) in [6, 6.07) is 4.57. The van der Waals surface area contributed by atoms with Crippen molar-refractivity contribution in [3.8, 4) is 5.75 Å². The molecule has 110 valence electrons. The van der Waals surface area contributed by atoms with Crippen LogP contribution in [0.2, 0.25) is 0 Å². The number of nitrogens with one attached hydrogen (secondary N) is 1. The van der Waals surface area contributed by atoms with Crippen molar-refractivity contribution in [3.63, 3.8) is 0 Å². The first-order valence-corrected chi connectivity index (χ1v) is 6.34. The van der Waals surface area contributed by atoms with Gasteiger partial charge < -0.3 is 14.8 Å². The van der Waals surface area contributed by atoms with Gasteiger partial charge in [0.15, 0.2) is 0 Å². The Balaban J connectivity index is 2.85. The Kier molecular flexibility index (Phi) is 6.69. The van der Waals surface area contributed by atoms with Crippen LogP contribution in [0.5, 0.6) is 5.75 Å². The molecule has 0 saturated carbocycles. The summed E-state index contributed by atoms with van der Waals surface area (Å²) in [5, 5.41) is 14.0. The number of ether oxygens (including phenoxy) is 2. The van der Waals surface area contributed by atoms with Crippen LogP contribution >= 0.6 is 0 Å². The highest BCUT2D eigenvalue weighted by Crippen LogP contribution is 2.25. The van der Waals surface area contributed by atoms with Gasteiger partial charge in [-0.05, 0) is 13.0 Å². The molecular weight excluding hydrogens is 260 g/mol. The van der Waals surface area contributed by atoms with Crippen LogP contribution < -0.4 is 10.1 Å². The summed E-state index contributed by atoms with van der Waals surface area (Å²) in [5.41, 5.74) is 0.788. The largest absolute Gasteiger partial charge is 0.486 e. The van der Waals surface area contributed by atoms with Crippen molar-refractivity contribution in [3.05, 3.63) is 46.5 Å². The first-order valence-electron chi connectivity index (χ1n) is 6.34. The molecule has 0 bridgehead atoms. The minimum Gasteiger partial charge on any atom is -0.486 e. The molecule has 0 saturated heterocycles. The SMILES string of the molecule is C=CC(C)Oc1ccc([N+](=O)[O-])cc1CNCCOC. The predicted octanol–water partition coefficient (Wildman–Crippen LogP) is 2.28. The van der Waals surface area contributed by atoms with Crippen molar-refractivity contribution < 1.29 is 14.4 Å². The van der Waals surface area contributed by atoms with Crippen molar-refractivity contribution in [2.24, 2.45) is 0 Å². The quantitative estimate of drug-likeness (QED) is 0.325. The molecule has 1 aromatic rings. The highest BCUT2D eigenvalue weighted by Gasteiger charge is 2.12. The standard InChI is InChI=1S/C14H20N2O4/c1-4-11(2)20-14-6-5-13(16(17)18)9-12(14)10-15-7-8-19-3/h4-6,9,11,15H,1,7-8,10H2,2-3H3. The molecule has 0 aliphatic carbocycles. The van der Waals surface area contributed by atoms with Gasteiger partial charge in [-0.15, -0.1) is 0 Å². The Morgan fingerprint density at radius 1 is 1.55 bits per heavy atom. The summed E-state index contributed by atoms with van der Waals surface area (Å²) in [6.45, 7) is 7.23. The number of hydrogen-bond acceptors (Lipinski definition) is 5. The average molecular weight is 280 g/mol. The number of methoxy groups -OCH3 is 1. The molecule has 0 aliphatic rings. The van der Waals surface area contributed by atoms with Crippen LogP contribution in [0.4, 0.5) is 5.69 Å². The molecule has 0 spiro atoms. The lowest BCUT2D eigenvalue weighted by Crippen LogP contribution is -2.19. The van der Waals surface area contributed by atoms with Gasteiger partial charge in [0, 0.05) is 37.9 Å². The zero-order valence-corrected chi connectivity index (χ0v) is 11.8. The summed E-state index contributed by atoms with van der Waals surface area (Å²) in [7, 11) is 1.62. The Morgan fingerprint density at radius 2 is 2.30 bits per heavy atom. The minimum absolute atomic E-state index is 0.0483. The molecule has 0 aliphatic heterocycles. The van der Waals surface area contributed by atoms with E-state index < -0.39 is 4.92 Å². The van der Waals surface area contributed by atoms with Gasteiger partial charge in [-0.1, -0.05) is 12.7 Å². The number of hydrogen-bond donors (Lipinski definition) is 1. The van der Waals surface area contributed by atoms with Gasteiger partial charge in [0.2, 0.25) is 0 Å². The van der Waals surface area contributed by atoms with E-state index in [1.54, 1.807) is 19.3 Å². The van der Waals surface area contributed by atoms with Gasteiger partial charge in [-0.3, -0.25) is 10.1 Å². The third kappa shape index (κ3) is 4.99. The zero-order chi connectivity index (χ0) is 15.0. The lowest BCUT2D eigenvalue weighted by molar-refractivity contribution is -0.384. The number of benzene rings is 1. The van der Waals surface area contributed by atoms with E-state index in [-0.39, 0.29) is 11.8 Å². The van der Waals surface area contributed by atoms with Crippen LogP contribution in [0, 0.1) is 10.1 Å². The van der Waals surface area contributed by atoms with Gasteiger partial charge in [-0.2, -0.15) is 0 Å². The monoisotopic (exact) mass is 280 g/mol. The van der Waals surface area contributed by atoms with Gasteiger partial charge in [-0.25, -0.2) is 0 Å². The zero-order valence-electron chi connectivity index (χ0n) is 11.8. The van der Waals surface area contributed by atoms with Crippen LogP contribution in [0.15, 0.2) is 30.9 Å². The van der Waals surface area contributed by atoms with Crippen LogP contribution in [0.1, 0.15) is 12.5 Å². The Bertz CT molecular complexity index is 462. The second-order valence-electron chi connectivity index (χ2n) is 4.28. The maximum atomic E-state index is 10.8. The van der Waals surface area contributed by atoms with E-state index in [2.05, 4.69) is 11.9 Å². The van der Waals surface area contributed by atoms with E-state index in [0.29, 0.717) is 25.4 Å². The van der Waals surface area contributed by atoms with Gasteiger partial charge in [0.1, 0.15) is 11.9 Å². The molecule has 0 radical (unpaired) electrons. The lowest BCUT2D eigenvalue weighted by atomic mass is 10.1. The minimum atomic E-state index is -0.417. The molecule has 0 fully saturated rings. The van der Waals surface area contributed by atoms with Gasteiger partial charge in [0.05, 0.1) is 11.5 Å².